The highest BCUT2D eigenvalue weighted by molar-refractivity contribution is 9.11. The summed E-state index contributed by atoms with van der Waals surface area (Å²) in [6, 6.07) is 3.77. The van der Waals surface area contributed by atoms with E-state index in [9.17, 15) is 10.2 Å². The molecule has 3 nitrogen and oxygen atoms in total. The predicted octanol–water partition coefficient (Wildman–Crippen LogP) is 3.64. The molecule has 1 saturated carbocycles. The van der Waals surface area contributed by atoms with Crippen molar-refractivity contribution in [3.8, 4) is 5.75 Å². The maximum atomic E-state index is 9.63. The minimum absolute atomic E-state index is 0.153. The normalized spacial score (nSPS) is 24.6. The van der Waals surface area contributed by atoms with Crippen LogP contribution in [0.3, 0.4) is 0 Å². The van der Waals surface area contributed by atoms with Gasteiger partial charge >= 0.3 is 0 Å². The maximum absolute atomic E-state index is 9.63. The Balaban J connectivity index is 2.07. The first-order valence-corrected chi connectivity index (χ1v) is 7.54. The van der Waals surface area contributed by atoms with Crippen molar-refractivity contribution in [2.24, 2.45) is 4.99 Å². The van der Waals surface area contributed by atoms with E-state index < -0.39 is 0 Å². The number of rotatable bonds is 2. The summed E-state index contributed by atoms with van der Waals surface area (Å²) in [5.74, 6) is 0.207. The van der Waals surface area contributed by atoms with Crippen LogP contribution in [0.25, 0.3) is 0 Å². The standard InChI is InChI=1S/C13H15Br2NO2/c14-11-6-12(15)13(18)5-8(11)7-16-9-1-3-10(17)4-2-9/h5-7,9-10,17-18H,1-4H2. The summed E-state index contributed by atoms with van der Waals surface area (Å²) in [5, 5.41) is 19.1. The van der Waals surface area contributed by atoms with Crippen LogP contribution in [0.4, 0.5) is 0 Å². The molecule has 5 heteroatoms. The molecular formula is C13H15Br2NO2. The van der Waals surface area contributed by atoms with Gasteiger partial charge in [-0.05, 0) is 53.7 Å². The van der Waals surface area contributed by atoms with E-state index >= 15 is 0 Å². The van der Waals surface area contributed by atoms with Gasteiger partial charge in [0.05, 0.1) is 16.6 Å². The predicted molar refractivity (Wildman–Crippen MR) is 79.4 cm³/mol. The second kappa shape index (κ2) is 6.17. The van der Waals surface area contributed by atoms with Gasteiger partial charge in [0.2, 0.25) is 0 Å². The third-order valence-corrected chi connectivity index (χ3v) is 4.48. The molecule has 0 atom stereocenters. The molecule has 0 saturated heterocycles. The molecule has 0 spiro atoms. The van der Waals surface area contributed by atoms with Crippen molar-refractivity contribution in [1.82, 2.24) is 0 Å². The van der Waals surface area contributed by atoms with Gasteiger partial charge in [-0.15, -0.1) is 0 Å². The summed E-state index contributed by atoms with van der Waals surface area (Å²) >= 11 is 6.71. The summed E-state index contributed by atoms with van der Waals surface area (Å²) < 4.78 is 1.55. The van der Waals surface area contributed by atoms with Crippen LogP contribution in [-0.2, 0) is 0 Å². The van der Waals surface area contributed by atoms with Crippen LogP contribution in [0.1, 0.15) is 31.2 Å². The smallest absolute Gasteiger partial charge is 0.130 e. The van der Waals surface area contributed by atoms with Crippen molar-refractivity contribution in [2.45, 2.75) is 37.8 Å². The van der Waals surface area contributed by atoms with Crippen molar-refractivity contribution >= 4 is 38.1 Å². The lowest BCUT2D eigenvalue weighted by Crippen LogP contribution is -2.20. The average molecular weight is 377 g/mol. The third-order valence-electron chi connectivity index (χ3n) is 3.16. The molecule has 0 bridgehead atoms. The van der Waals surface area contributed by atoms with E-state index in [-0.39, 0.29) is 17.9 Å². The number of phenols is 1. The number of aliphatic hydroxyl groups excluding tert-OH is 1. The van der Waals surface area contributed by atoms with Gasteiger partial charge in [-0.25, -0.2) is 0 Å². The van der Waals surface area contributed by atoms with Crippen molar-refractivity contribution in [3.63, 3.8) is 0 Å². The lowest BCUT2D eigenvalue weighted by molar-refractivity contribution is 0.123. The largest absolute Gasteiger partial charge is 0.507 e. The minimum atomic E-state index is -0.153. The highest BCUT2D eigenvalue weighted by Crippen LogP contribution is 2.30. The van der Waals surface area contributed by atoms with Gasteiger partial charge in [-0.1, -0.05) is 15.9 Å². The molecule has 2 N–H and O–H groups in total. The number of aliphatic imine (C=N–C) groups is 1. The van der Waals surface area contributed by atoms with E-state index in [4.69, 9.17) is 0 Å². The zero-order chi connectivity index (χ0) is 13.1. The van der Waals surface area contributed by atoms with Crippen molar-refractivity contribution < 1.29 is 10.2 Å². The molecule has 1 aliphatic carbocycles. The Morgan fingerprint density at radius 3 is 2.44 bits per heavy atom. The van der Waals surface area contributed by atoms with Gasteiger partial charge in [0.25, 0.3) is 0 Å². The van der Waals surface area contributed by atoms with Crippen LogP contribution in [-0.4, -0.2) is 28.6 Å². The number of phenolic OH excluding ortho intramolecular Hbond substituents is 1. The van der Waals surface area contributed by atoms with Crippen LogP contribution in [0, 0.1) is 0 Å². The Kier molecular flexibility index (Phi) is 4.81. The number of aliphatic hydroxyl groups is 1. The minimum Gasteiger partial charge on any atom is -0.507 e. The highest BCUT2D eigenvalue weighted by Gasteiger charge is 2.18. The second-order valence-electron chi connectivity index (χ2n) is 4.57. The number of halogens is 2. The molecule has 1 aromatic rings. The fourth-order valence-corrected chi connectivity index (χ4v) is 3.14. The second-order valence-corrected chi connectivity index (χ2v) is 6.27. The molecule has 2 rings (SSSR count). The number of benzene rings is 1. The highest BCUT2D eigenvalue weighted by atomic mass is 79.9. The molecule has 18 heavy (non-hydrogen) atoms. The third kappa shape index (κ3) is 3.56. The summed E-state index contributed by atoms with van der Waals surface area (Å²) in [6.45, 7) is 0. The molecule has 0 amide bonds. The van der Waals surface area contributed by atoms with E-state index in [0.29, 0.717) is 4.47 Å². The van der Waals surface area contributed by atoms with E-state index in [1.807, 2.05) is 0 Å². The Morgan fingerprint density at radius 2 is 1.78 bits per heavy atom. The van der Waals surface area contributed by atoms with Crippen molar-refractivity contribution in [2.75, 3.05) is 0 Å². The van der Waals surface area contributed by atoms with Crippen LogP contribution in [0.15, 0.2) is 26.1 Å². The van der Waals surface area contributed by atoms with E-state index in [1.165, 1.54) is 0 Å². The van der Waals surface area contributed by atoms with Gasteiger partial charge in [0.15, 0.2) is 0 Å². The molecule has 1 aliphatic rings. The lowest BCUT2D eigenvalue weighted by atomic mass is 9.93. The molecule has 1 aromatic carbocycles. The lowest BCUT2D eigenvalue weighted by Gasteiger charge is -2.22. The number of hydrogen-bond acceptors (Lipinski definition) is 3. The van der Waals surface area contributed by atoms with Crippen molar-refractivity contribution in [1.29, 1.82) is 0 Å². The molecule has 0 aromatic heterocycles. The fourth-order valence-electron chi connectivity index (χ4n) is 2.05. The monoisotopic (exact) mass is 375 g/mol. The molecule has 0 heterocycles. The fraction of sp³-hybridized carbons (Fsp3) is 0.462. The zero-order valence-corrected chi connectivity index (χ0v) is 13.0. The Bertz CT molecular complexity index is 455. The first kappa shape index (κ1) is 14.0. The van der Waals surface area contributed by atoms with Crippen LogP contribution >= 0.6 is 31.9 Å². The molecule has 98 valence electrons. The summed E-state index contributed by atoms with van der Waals surface area (Å²) in [4.78, 5) is 4.53. The van der Waals surface area contributed by atoms with Gasteiger partial charge in [-0.3, -0.25) is 4.99 Å². The Labute approximate surface area is 123 Å². The van der Waals surface area contributed by atoms with E-state index in [0.717, 1.165) is 35.7 Å². The quantitative estimate of drug-likeness (QED) is 0.774. The summed E-state index contributed by atoms with van der Waals surface area (Å²) in [7, 11) is 0. The van der Waals surface area contributed by atoms with Crippen LogP contribution in [0.2, 0.25) is 0 Å². The molecule has 0 aliphatic heterocycles. The Hall–Kier alpha value is -0.390. The van der Waals surface area contributed by atoms with Gasteiger partial charge in [0, 0.05) is 16.3 Å². The zero-order valence-electron chi connectivity index (χ0n) is 9.81. The van der Waals surface area contributed by atoms with Crippen LogP contribution in [0.5, 0.6) is 5.75 Å². The molecule has 1 fully saturated rings. The van der Waals surface area contributed by atoms with Crippen molar-refractivity contribution in [3.05, 3.63) is 26.6 Å². The van der Waals surface area contributed by atoms with E-state index in [1.54, 1.807) is 18.3 Å². The van der Waals surface area contributed by atoms with E-state index in [2.05, 4.69) is 36.9 Å². The SMILES string of the molecule is Oc1cc(C=NC2CCC(O)CC2)c(Br)cc1Br. The first-order valence-electron chi connectivity index (χ1n) is 5.95. The van der Waals surface area contributed by atoms with Gasteiger partial charge < -0.3 is 10.2 Å². The maximum Gasteiger partial charge on any atom is 0.130 e. The number of aromatic hydroxyl groups is 1. The topological polar surface area (TPSA) is 52.8 Å². The molecule has 0 radical (unpaired) electrons. The first-order chi connectivity index (χ1) is 8.56. The summed E-state index contributed by atoms with van der Waals surface area (Å²) in [6.07, 6.45) is 5.15. The summed E-state index contributed by atoms with van der Waals surface area (Å²) in [5.41, 5.74) is 0.863. The molecule has 0 unspecified atom stereocenters. The van der Waals surface area contributed by atoms with Gasteiger partial charge in [0.1, 0.15) is 5.75 Å². The average Bonchev–Trinajstić information content (AvgIpc) is 2.34. The van der Waals surface area contributed by atoms with Crippen LogP contribution < -0.4 is 0 Å². The number of hydrogen-bond donors (Lipinski definition) is 2. The van der Waals surface area contributed by atoms with Gasteiger partial charge in [-0.2, -0.15) is 0 Å². The number of nitrogens with zero attached hydrogens (tertiary/aromatic N) is 1. The molecular weight excluding hydrogens is 362 g/mol. The Morgan fingerprint density at radius 1 is 1.11 bits per heavy atom.